The molecule has 0 aliphatic rings. The molecule has 8 rings (SSSR count). The Kier molecular flexibility index (Phi) is 6.97. The fourth-order valence-corrected chi connectivity index (χ4v) is 6.31. The third kappa shape index (κ3) is 4.95. The van der Waals surface area contributed by atoms with Gasteiger partial charge in [0.05, 0.1) is 16.8 Å². The lowest BCUT2D eigenvalue weighted by molar-refractivity contribution is 0.654. The van der Waals surface area contributed by atoms with Crippen LogP contribution in [0.1, 0.15) is 5.56 Å². The van der Waals surface area contributed by atoms with Crippen molar-refractivity contribution in [2.24, 2.45) is 0 Å². The molecule has 0 fully saturated rings. The quantitative estimate of drug-likeness (QED) is 0.175. The van der Waals surface area contributed by atoms with E-state index in [0.29, 0.717) is 10.9 Å². The van der Waals surface area contributed by atoms with Gasteiger partial charge in [-0.05, 0) is 76.3 Å². The summed E-state index contributed by atoms with van der Waals surface area (Å²) >= 11 is 6.80. The fraction of sp³-hybridized carbons (Fsp3) is 0. The first-order valence-corrected chi connectivity index (χ1v) is 15.4. The Morgan fingerprint density at radius 2 is 1.09 bits per heavy atom. The van der Waals surface area contributed by atoms with Crippen LogP contribution in [0.4, 0.5) is 0 Å². The molecule has 0 N–H and O–H groups in total. The lowest BCUT2D eigenvalue weighted by Gasteiger charge is -2.15. The molecule has 4 heterocycles. The highest BCUT2D eigenvalue weighted by Gasteiger charge is 2.21. The first-order chi connectivity index (χ1) is 22.7. The second kappa shape index (κ2) is 11.6. The van der Waals surface area contributed by atoms with Crippen molar-refractivity contribution in [2.75, 3.05) is 0 Å². The average Bonchev–Trinajstić information content (AvgIpc) is 3.49. The Morgan fingerprint density at radius 3 is 1.63 bits per heavy atom. The third-order valence-corrected chi connectivity index (χ3v) is 8.59. The highest BCUT2D eigenvalue weighted by molar-refractivity contribution is 6.32. The molecule has 8 aromatic rings. The van der Waals surface area contributed by atoms with Crippen molar-refractivity contribution < 1.29 is 4.42 Å². The van der Waals surface area contributed by atoms with Gasteiger partial charge >= 0.3 is 0 Å². The predicted octanol–water partition coefficient (Wildman–Crippen LogP) is 11.4. The molecule has 0 radical (unpaired) electrons. The van der Waals surface area contributed by atoms with Crippen LogP contribution in [0.2, 0.25) is 5.15 Å². The molecule has 0 atom stereocenters. The van der Waals surface area contributed by atoms with Crippen LogP contribution in [-0.4, -0.2) is 15.0 Å². The number of fused-ring (bicyclic) bond motifs is 3. The zero-order valence-corrected chi connectivity index (χ0v) is 25.4. The number of aromatic nitrogens is 3. The summed E-state index contributed by atoms with van der Waals surface area (Å²) in [4.78, 5) is 13.7. The summed E-state index contributed by atoms with van der Waals surface area (Å²) in [5.74, 6) is 0. The summed E-state index contributed by atoms with van der Waals surface area (Å²) in [6, 6.07) is 43.6. The van der Waals surface area contributed by atoms with E-state index in [2.05, 4.69) is 94.3 Å². The molecule has 4 aromatic heterocycles. The summed E-state index contributed by atoms with van der Waals surface area (Å²) < 4.78 is 6.19. The zero-order chi connectivity index (χ0) is 31.0. The first-order valence-electron chi connectivity index (χ1n) is 15.0. The molecule has 4 aromatic carbocycles. The summed E-state index contributed by atoms with van der Waals surface area (Å²) in [6.07, 6.45) is 5.41. The molecule has 4 nitrogen and oxygen atoms in total. The minimum Gasteiger partial charge on any atom is -0.438 e. The van der Waals surface area contributed by atoms with Gasteiger partial charge in [-0.1, -0.05) is 103 Å². The molecule has 0 saturated heterocycles. The minimum atomic E-state index is 0.350. The maximum absolute atomic E-state index is 6.80. The summed E-state index contributed by atoms with van der Waals surface area (Å²) in [7, 11) is 0. The molecular weight excluding hydrogens is 586 g/mol. The normalized spacial score (nSPS) is 11.2. The number of halogens is 1. The van der Waals surface area contributed by atoms with Gasteiger partial charge < -0.3 is 4.42 Å². The number of para-hydroxylation sites is 1. The standard InChI is InChI=1S/C41H26ClN3O/c1-2-33-38(39-34-9-3-4-12-37(34)46-41(39)45-40(33)42)32-24-30(26-13-17-28(18-14-26)35-10-5-7-21-43-35)23-31(25-32)27-15-19-29(20-16-27)36-11-6-8-22-44-36/h2-25H,1H2. The Balaban J connectivity index is 1.34. The maximum atomic E-state index is 6.80. The third-order valence-electron chi connectivity index (χ3n) is 8.30. The number of rotatable bonds is 6. The van der Waals surface area contributed by atoms with Gasteiger partial charge in [0.2, 0.25) is 5.71 Å². The van der Waals surface area contributed by atoms with Crippen molar-refractivity contribution >= 4 is 39.7 Å². The fourth-order valence-electron chi connectivity index (χ4n) is 6.07. The number of pyridine rings is 3. The van der Waals surface area contributed by atoms with E-state index in [1.165, 1.54) is 0 Å². The van der Waals surface area contributed by atoms with Crippen LogP contribution in [0, 0.1) is 0 Å². The van der Waals surface area contributed by atoms with Crippen LogP contribution in [0.15, 0.2) is 151 Å². The Bertz CT molecular complexity index is 2260. The molecule has 5 heteroatoms. The van der Waals surface area contributed by atoms with Crippen molar-refractivity contribution in [1.82, 2.24) is 15.0 Å². The highest BCUT2D eigenvalue weighted by atomic mass is 35.5. The highest BCUT2D eigenvalue weighted by Crippen LogP contribution is 2.43. The topological polar surface area (TPSA) is 51.8 Å². The first kappa shape index (κ1) is 27.7. The van der Waals surface area contributed by atoms with E-state index in [-0.39, 0.29) is 0 Å². The van der Waals surface area contributed by atoms with Gasteiger partial charge in [-0.3, -0.25) is 9.97 Å². The van der Waals surface area contributed by atoms with E-state index >= 15 is 0 Å². The molecule has 0 spiro atoms. The van der Waals surface area contributed by atoms with Crippen LogP contribution in [0.25, 0.3) is 84.0 Å². The molecule has 0 bridgehead atoms. The lowest BCUT2D eigenvalue weighted by atomic mass is 9.89. The van der Waals surface area contributed by atoms with Gasteiger partial charge in [0, 0.05) is 40.0 Å². The summed E-state index contributed by atoms with van der Waals surface area (Å²) in [5.41, 5.74) is 12.3. The van der Waals surface area contributed by atoms with Crippen molar-refractivity contribution in [3.05, 3.63) is 157 Å². The van der Waals surface area contributed by atoms with Gasteiger partial charge in [0.25, 0.3) is 0 Å². The van der Waals surface area contributed by atoms with E-state index in [4.69, 9.17) is 16.0 Å². The second-order valence-electron chi connectivity index (χ2n) is 11.1. The minimum absolute atomic E-state index is 0.350. The van der Waals surface area contributed by atoms with Crippen molar-refractivity contribution in [1.29, 1.82) is 0 Å². The monoisotopic (exact) mass is 611 g/mol. The molecular formula is C41H26ClN3O. The van der Waals surface area contributed by atoms with Crippen LogP contribution in [0.3, 0.4) is 0 Å². The van der Waals surface area contributed by atoms with Gasteiger partial charge in [0.1, 0.15) is 10.7 Å². The SMILES string of the molecule is C=Cc1c(Cl)nc2oc3ccccc3c2c1-c1cc(-c2ccc(-c3ccccn3)cc2)cc(-c2ccc(-c3ccccn3)cc2)c1. The number of hydrogen-bond donors (Lipinski definition) is 0. The molecule has 0 amide bonds. The van der Waals surface area contributed by atoms with E-state index in [9.17, 15) is 0 Å². The van der Waals surface area contributed by atoms with Gasteiger partial charge in [0.15, 0.2) is 0 Å². The van der Waals surface area contributed by atoms with Crippen molar-refractivity contribution in [3.8, 4) is 55.9 Å². The Hall–Kier alpha value is -5.84. The van der Waals surface area contributed by atoms with Crippen LogP contribution < -0.4 is 0 Å². The Labute approximate surface area is 271 Å². The van der Waals surface area contributed by atoms with Gasteiger partial charge in [-0.25, -0.2) is 4.98 Å². The molecule has 0 unspecified atom stereocenters. The second-order valence-corrected chi connectivity index (χ2v) is 11.4. The van der Waals surface area contributed by atoms with Crippen LogP contribution in [0.5, 0.6) is 0 Å². The van der Waals surface area contributed by atoms with Crippen LogP contribution >= 0.6 is 11.6 Å². The lowest BCUT2D eigenvalue weighted by Crippen LogP contribution is -1.93. The van der Waals surface area contributed by atoms with E-state index in [1.807, 2.05) is 67.0 Å². The van der Waals surface area contributed by atoms with E-state index in [0.717, 1.165) is 77.8 Å². The zero-order valence-electron chi connectivity index (χ0n) is 24.7. The van der Waals surface area contributed by atoms with Crippen LogP contribution in [-0.2, 0) is 0 Å². The Morgan fingerprint density at radius 1 is 0.565 bits per heavy atom. The maximum Gasteiger partial charge on any atom is 0.229 e. The number of benzene rings is 4. The van der Waals surface area contributed by atoms with E-state index < -0.39 is 0 Å². The average molecular weight is 612 g/mol. The summed E-state index contributed by atoms with van der Waals surface area (Å²) in [5, 5.41) is 2.24. The van der Waals surface area contributed by atoms with Crippen molar-refractivity contribution in [3.63, 3.8) is 0 Å². The molecule has 0 saturated carbocycles. The smallest absolute Gasteiger partial charge is 0.229 e. The summed E-state index contributed by atoms with van der Waals surface area (Å²) in [6.45, 7) is 4.12. The predicted molar refractivity (Wildman–Crippen MR) is 189 cm³/mol. The molecule has 46 heavy (non-hydrogen) atoms. The van der Waals surface area contributed by atoms with Gasteiger partial charge in [-0.15, -0.1) is 0 Å². The number of nitrogens with zero attached hydrogens (tertiary/aromatic N) is 3. The molecule has 0 aliphatic carbocycles. The van der Waals surface area contributed by atoms with Gasteiger partial charge in [-0.2, -0.15) is 0 Å². The van der Waals surface area contributed by atoms with E-state index in [1.54, 1.807) is 6.08 Å². The molecule has 0 aliphatic heterocycles. The van der Waals surface area contributed by atoms with Crippen molar-refractivity contribution in [2.45, 2.75) is 0 Å². The largest absolute Gasteiger partial charge is 0.438 e. The molecule has 218 valence electrons. The number of furan rings is 1. The number of hydrogen-bond acceptors (Lipinski definition) is 4.